The second-order valence-corrected chi connectivity index (χ2v) is 7.48. The van der Waals surface area contributed by atoms with Crippen LogP contribution < -0.4 is 15.0 Å². The van der Waals surface area contributed by atoms with Gasteiger partial charge in [-0.1, -0.05) is 49.4 Å². The maximum absolute atomic E-state index is 12.7. The number of para-hydroxylation sites is 2. The third kappa shape index (κ3) is 5.14. The molecule has 3 rings (SSSR count). The van der Waals surface area contributed by atoms with Crippen LogP contribution in [-0.2, 0) is 18.5 Å². The normalized spacial score (nSPS) is 11.8. The van der Waals surface area contributed by atoms with E-state index in [9.17, 15) is 4.79 Å². The number of aromatic nitrogens is 3. The van der Waals surface area contributed by atoms with Crippen LogP contribution in [0.15, 0.2) is 54.6 Å². The molecule has 0 aliphatic heterocycles. The van der Waals surface area contributed by atoms with Crippen molar-refractivity contribution < 1.29 is 14.4 Å². The first-order valence-corrected chi connectivity index (χ1v) is 10.4. The molecular formula is C22H28N5O2S+. The number of quaternary nitrogens is 1. The molecule has 30 heavy (non-hydrogen) atoms. The summed E-state index contributed by atoms with van der Waals surface area (Å²) in [6, 6.07) is 17.4. The van der Waals surface area contributed by atoms with Gasteiger partial charge in [-0.3, -0.25) is 4.79 Å². The number of nitrogens with zero attached hydrogens (tertiary/aromatic N) is 3. The molecule has 1 amide bonds. The molecule has 0 saturated carbocycles. The fraction of sp³-hybridized carbons (Fsp3) is 0.318. The van der Waals surface area contributed by atoms with Crippen molar-refractivity contribution in [3.63, 3.8) is 0 Å². The fourth-order valence-corrected chi connectivity index (χ4v) is 3.58. The van der Waals surface area contributed by atoms with E-state index >= 15 is 0 Å². The summed E-state index contributed by atoms with van der Waals surface area (Å²) in [6.45, 7) is 3.77. The van der Waals surface area contributed by atoms with Crippen LogP contribution in [0.1, 0.15) is 13.3 Å². The molecule has 1 aromatic heterocycles. The molecule has 2 aromatic carbocycles. The molecule has 158 valence electrons. The van der Waals surface area contributed by atoms with E-state index in [-0.39, 0.29) is 5.91 Å². The van der Waals surface area contributed by atoms with Crippen LogP contribution in [0.3, 0.4) is 0 Å². The highest BCUT2D eigenvalue weighted by molar-refractivity contribution is 7.71. The minimum Gasteiger partial charge on any atom is -0.495 e. The SMILES string of the molecule is CCC[NH+](CC(=O)Nc1ccccc1OC)Cn1nc(-c2ccccc2)n(C)c1=S. The second kappa shape index (κ2) is 10.2. The fourth-order valence-electron chi connectivity index (χ4n) is 3.39. The summed E-state index contributed by atoms with van der Waals surface area (Å²) in [5, 5.41) is 7.67. The number of anilines is 1. The lowest BCUT2D eigenvalue weighted by Gasteiger charge is -2.18. The van der Waals surface area contributed by atoms with Crippen molar-refractivity contribution in [3.05, 3.63) is 59.4 Å². The number of methoxy groups -OCH3 is 1. The highest BCUT2D eigenvalue weighted by Crippen LogP contribution is 2.22. The Hall–Kier alpha value is -2.97. The minimum atomic E-state index is -0.0753. The highest BCUT2D eigenvalue weighted by Gasteiger charge is 2.18. The zero-order valence-electron chi connectivity index (χ0n) is 17.6. The summed E-state index contributed by atoms with van der Waals surface area (Å²) in [5.74, 6) is 1.38. The van der Waals surface area contributed by atoms with Crippen molar-refractivity contribution in [3.8, 4) is 17.1 Å². The average Bonchev–Trinajstić information content (AvgIpc) is 3.03. The number of ether oxygens (including phenoxy) is 1. The summed E-state index contributed by atoms with van der Waals surface area (Å²) in [5.41, 5.74) is 1.68. The molecular weight excluding hydrogens is 398 g/mol. The molecule has 2 N–H and O–H groups in total. The molecule has 1 atom stereocenters. The molecule has 3 aromatic rings. The summed E-state index contributed by atoms with van der Waals surface area (Å²) >= 11 is 5.60. The zero-order valence-corrected chi connectivity index (χ0v) is 18.4. The quantitative estimate of drug-likeness (QED) is 0.516. The number of rotatable bonds is 9. The Morgan fingerprint density at radius 2 is 1.87 bits per heavy atom. The number of hydrogen-bond donors (Lipinski definition) is 2. The van der Waals surface area contributed by atoms with E-state index in [1.165, 1.54) is 0 Å². The van der Waals surface area contributed by atoms with Crippen LogP contribution in [0, 0.1) is 4.77 Å². The molecule has 0 bridgehead atoms. The summed E-state index contributed by atoms with van der Waals surface area (Å²) < 4.78 is 9.66. The van der Waals surface area contributed by atoms with Gasteiger partial charge in [-0.2, -0.15) is 4.68 Å². The standard InChI is InChI=1S/C22H27N5O2S/c1-4-14-26(15-20(28)23-18-12-8-9-13-19(18)29-3)16-27-22(30)25(2)21(24-27)17-10-6-5-7-11-17/h5-13H,4,14-16H2,1-3H3,(H,23,28)/p+1. The maximum Gasteiger partial charge on any atom is 0.279 e. The van der Waals surface area contributed by atoms with Crippen molar-refractivity contribution in [1.82, 2.24) is 14.3 Å². The molecule has 1 unspecified atom stereocenters. The molecule has 8 heteroatoms. The van der Waals surface area contributed by atoms with Gasteiger partial charge >= 0.3 is 0 Å². The van der Waals surface area contributed by atoms with E-state index in [0.29, 0.717) is 29.4 Å². The monoisotopic (exact) mass is 426 g/mol. The van der Waals surface area contributed by atoms with Gasteiger partial charge in [-0.15, -0.1) is 5.10 Å². The van der Waals surface area contributed by atoms with Gasteiger partial charge in [0.1, 0.15) is 5.75 Å². The summed E-state index contributed by atoms with van der Waals surface area (Å²) in [4.78, 5) is 13.8. The Kier molecular flexibility index (Phi) is 7.37. The second-order valence-electron chi connectivity index (χ2n) is 7.11. The predicted molar refractivity (Wildman–Crippen MR) is 120 cm³/mol. The van der Waals surface area contributed by atoms with Gasteiger partial charge in [0.2, 0.25) is 4.77 Å². The average molecular weight is 427 g/mol. The number of carbonyl (C=O) groups is 1. The van der Waals surface area contributed by atoms with Crippen molar-refractivity contribution in [2.75, 3.05) is 25.5 Å². The maximum atomic E-state index is 12.7. The molecule has 0 spiro atoms. The van der Waals surface area contributed by atoms with Gasteiger partial charge in [0.15, 0.2) is 19.0 Å². The van der Waals surface area contributed by atoms with Crippen molar-refractivity contribution >= 4 is 23.8 Å². The molecule has 0 aliphatic carbocycles. The van der Waals surface area contributed by atoms with Gasteiger partial charge in [0, 0.05) is 12.6 Å². The van der Waals surface area contributed by atoms with Crippen LogP contribution in [0.5, 0.6) is 5.75 Å². The Balaban J connectivity index is 1.74. The van der Waals surface area contributed by atoms with E-state index in [0.717, 1.165) is 29.3 Å². The van der Waals surface area contributed by atoms with Crippen LogP contribution in [0.4, 0.5) is 5.69 Å². The van der Waals surface area contributed by atoms with Crippen LogP contribution >= 0.6 is 12.2 Å². The minimum absolute atomic E-state index is 0.0753. The number of benzene rings is 2. The molecule has 0 radical (unpaired) electrons. The van der Waals surface area contributed by atoms with Crippen molar-refractivity contribution in [2.24, 2.45) is 7.05 Å². The van der Waals surface area contributed by atoms with E-state index in [1.54, 1.807) is 11.8 Å². The first kappa shape index (κ1) is 21.7. The zero-order chi connectivity index (χ0) is 21.5. The lowest BCUT2D eigenvalue weighted by Crippen LogP contribution is -3.12. The van der Waals surface area contributed by atoms with Gasteiger partial charge < -0.3 is 19.5 Å². The molecule has 1 heterocycles. The van der Waals surface area contributed by atoms with Gasteiger partial charge in [-0.05, 0) is 30.8 Å². The Morgan fingerprint density at radius 1 is 1.17 bits per heavy atom. The van der Waals surface area contributed by atoms with Crippen molar-refractivity contribution in [1.29, 1.82) is 0 Å². The third-order valence-corrected chi connectivity index (χ3v) is 5.33. The van der Waals surface area contributed by atoms with Gasteiger partial charge in [-0.25, -0.2) is 0 Å². The van der Waals surface area contributed by atoms with E-state index in [2.05, 4.69) is 12.2 Å². The van der Waals surface area contributed by atoms with Crippen LogP contribution in [0.2, 0.25) is 0 Å². The van der Waals surface area contributed by atoms with Gasteiger partial charge in [0.25, 0.3) is 5.91 Å². The topological polar surface area (TPSA) is 65.5 Å². The Morgan fingerprint density at radius 3 is 2.57 bits per heavy atom. The largest absolute Gasteiger partial charge is 0.495 e. The van der Waals surface area contributed by atoms with Crippen LogP contribution in [-0.4, -0.2) is 40.5 Å². The predicted octanol–water partition coefficient (Wildman–Crippen LogP) is 2.52. The van der Waals surface area contributed by atoms with E-state index in [4.69, 9.17) is 22.1 Å². The molecule has 0 saturated heterocycles. The Bertz CT molecular complexity index is 1050. The molecule has 0 fully saturated rings. The van der Waals surface area contributed by atoms with Crippen LogP contribution in [0.25, 0.3) is 11.4 Å². The first-order valence-electron chi connectivity index (χ1n) is 9.99. The summed E-state index contributed by atoms with van der Waals surface area (Å²) in [7, 11) is 3.51. The first-order chi connectivity index (χ1) is 14.5. The Labute approximate surface area is 181 Å². The highest BCUT2D eigenvalue weighted by atomic mass is 32.1. The van der Waals surface area contributed by atoms with Gasteiger partial charge in [0.05, 0.1) is 19.3 Å². The third-order valence-electron chi connectivity index (χ3n) is 4.84. The smallest absolute Gasteiger partial charge is 0.279 e. The lowest BCUT2D eigenvalue weighted by atomic mass is 10.2. The molecule has 7 nitrogen and oxygen atoms in total. The lowest BCUT2D eigenvalue weighted by molar-refractivity contribution is -0.915. The molecule has 0 aliphatic rings. The van der Waals surface area contributed by atoms with Crippen molar-refractivity contribution in [2.45, 2.75) is 20.0 Å². The number of carbonyl (C=O) groups excluding carboxylic acids is 1. The van der Waals surface area contributed by atoms with E-state index < -0.39 is 0 Å². The number of hydrogen-bond acceptors (Lipinski definition) is 4. The number of amides is 1. The van der Waals surface area contributed by atoms with E-state index in [1.807, 2.05) is 66.2 Å². The number of nitrogens with one attached hydrogen (secondary N) is 2. The summed E-state index contributed by atoms with van der Waals surface area (Å²) in [6.07, 6.45) is 0.947.